The van der Waals surface area contributed by atoms with Crippen molar-refractivity contribution in [2.24, 2.45) is 10.7 Å². The second-order valence-electron chi connectivity index (χ2n) is 6.22. The second-order valence-corrected chi connectivity index (χ2v) is 7.12. The van der Waals surface area contributed by atoms with Crippen molar-refractivity contribution in [1.82, 2.24) is 10.2 Å². The number of carboxylic acid groups (broad SMARTS) is 1. The molecule has 1 saturated heterocycles. The van der Waals surface area contributed by atoms with Crippen molar-refractivity contribution in [1.29, 1.82) is 0 Å². The van der Waals surface area contributed by atoms with Gasteiger partial charge in [0.25, 0.3) is 5.91 Å². The van der Waals surface area contributed by atoms with Crippen LogP contribution in [0.1, 0.15) is 5.56 Å². The standard InChI is InChI=1S/C17H18N4O6S/c18-14(17(26)27)19-9-3-1-8(2-4-9)5-12(22)20-13-10-6-28-7-11(16(24)25)21(10)15(13)23/h1-4,7,10,13,17,26-27H,5-6H2,(H2,18,19)(H,20,22)(H,24,25)/t10-,13+/m0/s1. The molecule has 148 valence electrons. The monoisotopic (exact) mass is 406 g/mol. The summed E-state index contributed by atoms with van der Waals surface area (Å²) in [4.78, 5) is 40.7. The minimum absolute atomic E-state index is 0.0212. The van der Waals surface area contributed by atoms with Crippen LogP contribution in [0.3, 0.4) is 0 Å². The van der Waals surface area contributed by atoms with Crippen LogP contribution >= 0.6 is 11.8 Å². The van der Waals surface area contributed by atoms with Gasteiger partial charge in [0.15, 0.2) is 5.84 Å². The highest BCUT2D eigenvalue weighted by Crippen LogP contribution is 2.34. The fraction of sp³-hybridized carbons (Fsp3) is 0.294. The van der Waals surface area contributed by atoms with Gasteiger partial charge in [0.1, 0.15) is 11.7 Å². The summed E-state index contributed by atoms with van der Waals surface area (Å²) in [6, 6.07) is 5.28. The number of amides is 2. The molecule has 2 heterocycles. The van der Waals surface area contributed by atoms with E-state index in [0.717, 1.165) is 0 Å². The number of aliphatic hydroxyl groups is 2. The number of carbonyl (C=O) groups excluding carboxylic acids is 2. The third-order valence-electron chi connectivity index (χ3n) is 4.30. The maximum Gasteiger partial charge on any atom is 0.353 e. The normalized spacial score (nSPS) is 21.7. The minimum Gasteiger partial charge on any atom is -0.477 e. The van der Waals surface area contributed by atoms with Crippen molar-refractivity contribution in [2.45, 2.75) is 24.8 Å². The van der Waals surface area contributed by atoms with E-state index in [1.54, 1.807) is 24.3 Å². The Hall–Kier alpha value is -2.89. The average Bonchev–Trinajstić information content (AvgIpc) is 2.66. The molecule has 2 aliphatic heterocycles. The third-order valence-corrected chi connectivity index (χ3v) is 5.22. The maximum absolute atomic E-state index is 12.3. The average molecular weight is 406 g/mol. The number of carbonyl (C=O) groups is 3. The predicted molar refractivity (Wildman–Crippen MR) is 100 cm³/mol. The van der Waals surface area contributed by atoms with Crippen molar-refractivity contribution in [2.75, 3.05) is 5.75 Å². The highest BCUT2D eigenvalue weighted by Gasteiger charge is 2.52. The molecule has 0 spiro atoms. The van der Waals surface area contributed by atoms with E-state index in [0.29, 0.717) is 17.0 Å². The summed E-state index contributed by atoms with van der Waals surface area (Å²) in [5.74, 6) is -1.81. The first-order valence-corrected chi connectivity index (χ1v) is 9.29. The molecule has 28 heavy (non-hydrogen) atoms. The van der Waals surface area contributed by atoms with Gasteiger partial charge >= 0.3 is 5.97 Å². The topological polar surface area (TPSA) is 166 Å². The van der Waals surface area contributed by atoms with E-state index in [2.05, 4.69) is 10.3 Å². The Balaban J connectivity index is 1.58. The van der Waals surface area contributed by atoms with Gasteiger partial charge in [-0.15, -0.1) is 11.8 Å². The first kappa shape index (κ1) is 19.9. The van der Waals surface area contributed by atoms with Gasteiger partial charge in [0.2, 0.25) is 12.2 Å². The smallest absolute Gasteiger partial charge is 0.353 e. The number of nitrogens with one attached hydrogen (secondary N) is 1. The van der Waals surface area contributed by atoms with Gasteiger partial charge in [-0.25, -0.2) is 9.79 Å². The molecule has 0 aromatic heterocycles. The molecule has 0 aliphatic carbocycles. The van der Waals surface area contributed by atoms with Crippen LogP contribution in [-0.2, 0) is 20.8 Å². The number of amidine groups is 1. The molecule has 2 aliphatic rings. The number of aliphatic carboxylic acids is 1. The lowest BCUT2D eigenvalue weighted by Crippen LogP contribution is -2.72. The largest absolute Gasteiger partial charge is 0.477 e. The van der Waals surface area contributed by atoms with E-state index < -0.39 is 24.2 Å². The minimum atomic E-state index is -1.85. The number of hydrogen-bond acceptors (Lipinski definition) is 7. The molecule has 6 N–H and O–H groups in total. The van der Waals surface area contributed by atoms with E-state index in [1.807, 2.05) is 0 Å². The molecule has 1 aromatic carbocycles. The summed E-state index contributed by atoms with van der Waals surface area (Å²) in [5.41, 5.74) is 6.33. The molecule has 0 unspecified atom stereocenters. The van der Waals surface area contributed by atoms with Gasteiger partial charge < -0.3 is 26.4 Å². The molecule has 3 rings (SSSR count). The van der Waals surface area contributed by atoms with Crippen LogP contribution in [0.4, 0.5) is 5.69 Å². The van der Waals surface area contributed by atoms with Gasteiger partial charge in [-0.2, -0.15) is 0 Å². The number of aliphatic hydroxyl groups excluding tert-OH is 1. The molecule has 10 nitrogen and oxygen atoms in total. The number of nitrogens with zero attached hydrogens (tertiary/aromatic N) is 2. The van der Waals surface area contributed by atoms with Crippen LogP contribution in [0.5, 0.6) is 0 Å². The van der Waals surface area contributed by atoms with Crippen molar-refractivity contribution < 1.29 is 29.7 Å². The summed E-state index contributed by atoms with van der Waals surface area (Å²) in [6.45, 7) is 0. The highest BCUT2D eigenvalue weighted by molar-refractivity contribution is 8.02. The van der Waals surface area contributed by atoms with E-state index in [9.17, 15) is 14.4 Å². The molecule has 0 radical (unpaired) electrons. The van der Waals surface area contributed by atoms with Gasteiger partial charge in [0.05, 0.1) is 18.2 Å². The first-order valence-electron chi connectivity index (χ1n) is 8.24. The fourth-order valence-electron chi connectivity index (χ4n) is 2.91. The number of thioether (sulfide) groups is 1. The van der Waals surface area contributed by atoms with Crippen molar-refractivity contribution in [3.8, 4) is 0 Å². The number of β-lactam (4-membered cyclic amide) rings is 1. The fourth-order valence-corrected chi connectivity index (χ4v) is 3.92. The van der Waals surface area contributed by atoms with E-state index in [4.69, 9.17) is 21.1 Å². The number of rotatable bonds is 6. The van der Waals surface area contributed by atoms with E-state index in [-0.39, 0.29) is 29.9 Å². The third kappa shape index (κ3) is 4.01. The van der Waals surface area contributed by atoms with Gasteiger partial charge in [-0.05, 0) is 17.7 Å². The molecule has 2 amide bonds. The number of aliphatic imine (C=N–C) groups is 1. The Bertz CT molecular complexity index is 867. The number of carboxylic acids is 1. The number of nitrogens with two attached hydrogens (primary N) is 1. The zero-order valence-electron chi connectivity index (χ0n) is 14.5. The molecule has 0 saturated carbocycles. The predicted octanol–water partition coefficient (Wildman–Crippen LogP) is -1.10. The van der Waals surface area contributed by atoms with Crippen LogP contribution in [-0.4, -0.2) is 68.0 Å². The lowest BCUT2D eigenvalue weighted by molar-refractivity contribution is -0.153. The Morgan fingerprint density at radius 2 is 2.00 bits per heavy atom. The van der Waals surface area contributed by atoms with Crippen molar-refractivity contribution >= 4 is 41.1 Å². The molecule has 11 heteroatoms. The highest BCUT2D eigenvalue weighted by atomic mass is 32.2. The summed E-state index contributed by atoms with van der Waals surface area (Å²) in [7, 11) is 0. The van der Waals surface area contributed by atoms with Crippen molar-refractivity contribution in [3.63, 3.8) is 0 Å². The number of benzene rings is 1. The maximum atomic E-state index is 12.3. The van der Waals surface area contributed by atoms with Gasteiger partial charge in [-0.1, -0.05) is 12.1 Å². The van der Waals surface area contributed by atoms with Crippen LogP contribution in [0.25, 0.3) is 0 Å². The molecule has 1 fully saturated rings. The van der Waals surface area contributed by atoms with E-state index in [1.165, 1.54) is 22.1 Å². The van der Waals surface area contributed by atoms with Crippen LogP contribution < -0.4 is 11.1 Å². The Labute approximate surface area is 163 Å². The van der Waals surface area contributed by atoms with Crippen LogP contribution in [0, 0.1) is 0 Å². The molecular weight excluding hydrogens is 388 g/mol. The summed E-state index contributed by atoms with van der Waals surface area (Å²) < 4.78 is 0. The second kappa shape index (κ2) is 8.00. The SMILES string of the molecule is NC(=Nc1ccc(CC(=O)N[C@H]2C(=O)N3C(C(=O)O)=CSC[C@@H]23)cc1)C(O)O. The number of fused-ring (bicyclic) bond motifs is 1. The van der Waals surface area contributed by atoms with Crippen LogP contribution in [0.2, 0.25) is 0 Å². The zero-order chi connectivity index (χ0) is 20.4. The Morgan fingerprint density at radius 3 is 2.61 bits per heavy atom. The number of hydrogen-bond donors (Lipinski definition) is 5. The molecular formula is C17H18N4O6S. The lowest BCUT2D eigenvalue weighted by Gasteiger charge is -2.48. The first-order chi connectivity index (χ1) is 13.3. The lowest BCUT2D eigenvalue weighted by atomic mass is 9.95. The van der Waals surface area contributed by atoms with Gasteiger partial charge in [0, 0.05) is 11.2 Å². The molecule has 0 bridgehead atoms. The molecule has 2 atom stereocenters. The Kier molecular flexibility index (Phi) is 5.68. The Morgan fingerprint density at radius 1 is 1.32 bits per heavy atom. The van der Waals surface area contributed by atoms with Crippen LogP contribution in [0.15, 0.2) is 40.4 Å². The molecule has 1 aromatic rings. The van der Waals surface area contributed by atoms with Gasteiger partial charge in [-0.3, -0.25) is 14.5 Å². The summed E-state index contributed by atoms with van der Waals surface area (Å²) >= 11 is 1.29. The van der Waals surface area contributed by atoms with E-state index >= 15 is 0 Å². The summed E-state index contributed by atoms with van der Waals surface area (Å²) in [5, 5.41) is 31.0. The quantitative estimate of drug-likeness (QED) is 0.172. The van der Waals surface area contributed by atoms with Crippen molar-refractivity contribution in [3.05, 3.63) is 40.9 Å². The summed E-state index contributed by atoms with van der Waals surface area (Å²) in [6.07, 6.45) is -1.83. The zero-order valence-corrected chi connectivity index (χ0v) is 15.3.